The fourth-order valence-electron chi connectivity index (χ4n) is 2.17. The van der Waals surface area contributed by atoms with E-state index in [1.165, 1.54) is 5.56 Å². The SMILES string of the molecule is Cc1ccc(C)c(NC(=O)COc2cccc(C(C)C)c2)c1. The highest BCUT2D eigenvalue weighted by molar-refractivity contribution is 5.92. The van der Waals surface area contributed by atoms with Crippen LogP contribution in [0, 0.1) is 13.8 Å². The van der Waals surface area contributed by atoms with Crippen molar-refractivity contribution in [2.75, 3.05) is 11.9 Å². The first kappa shape index (κ1) is 16.1. The Kier molecular flexibility index (Phi) is 5.21. The molecular formula is C19H23NO2. The number of hydrogen-bond donors (Lipinski definition) is 1. The molecule has 0 aliphatic rings. The second-order valence-corrected chi connectivity index (χ2v) is 5.88. The Morgan fingerprint density at radius 3 is 2.64 bits per heavy atom. The number of amides is 1. The predicted octanol–water partition coefficient (Wildman–Crippen LogP) is 4.44. The Morgan fingerprint density at radius 1 is 1.14 bits per heavy atom. The van der Waals surface area contributed by atoms with Crippen LogP contribution in [0.5, 0.6) is 5.75 Å². The third-order valence-corrected chi connectivity index (χ3v) is 3.56. The molecule has 1 amide bonds. The van der Waals surface area contributed by atoms with E-state index in [2.05, 4.69) is 25.2 Å². The molecular weight excluding hydrogens is 274 g/mol. The number of carbonyl (C=O) groups is 1. The summed E-state index contributed by atoms with van der Waals surface area (Å²) in [6.07, 6.45) is 0. The molecule has 0 fully saturated rings. The Hall–Kier alpha value is -2.29. The van der Waals surface area contributed by atoms with Crippen LogP contribution in [-0.4, -0.2) is 12.5 Å². The van der Waals surface area contributed by atoms with Gasteiger partial charge in [0.2, 0.25) is 0 Å². The van der Waals surface area contributed by atoms with Gasteiger partial charge in [-0.05, 0) is 54.7 Å². The molecule has 0 heterocycles. The van der Waals surface area contributed by atoms with Gasteiger partial charge in [0.15, 0.2) is 6.61 Å². The van der Waals surface area contributed by atoms with Gasteiger partial charge in [-0.1, -0.05) is 38.1 Å². The van der Waals surface area contributed by atoms with Crippen LogP contribution in [0.2, 0.25) is 0 Å². The molecule has 3 heteroatoms. The summed E-state index contributed by atoms with van der Waals surface area (Å²) in [5, 5.41) is 2.89. The van der Waals surface area contributed by atoms with Gasteiger partial charge in [0, 0.05) is 5.69 Å². The van der Waals surface area contributed by atoms with Gasteiger partial charge >= 0.3 is 0 Å². The van der Waals surface area contributed by atoms with E-state index in [0.29, 0.717) is 5.92 Å². The Morgan fingerprint density at radius 2 is 1.91 bits per heavy atom. The minimum Gasteiger partial charge on any atom is -0.484 e. The fourth-order valence-corrected chi connectivity index (χ4v) is 2.17. The van der Waals surface area contributed by atoms with Crippen molar-refractivity contribution in [3.63, 3.8) is 0 Å². The van der Waals surface area contributed by atoms with Crippen LogP contribution in [0.1, 0.15) is 36.5 Å². The van der Waals surface area contributed by atoms with Crippen LogP contribution in [0.3, 0.4) is 0 Å². The lowest BCUT2D eigenvalue weighted by Gasteiger charge is -2.12. The predicted molar refractivity (Wildman–Crippen MR) is 90.6 cm³/mol. The van der Waals surface area contributed by atoms with Gasteiger partial charge in [-0.25, -0.2) is 0 Å². The molecule has 2 aromatic carbocycles. The second kappa shape index (κ2) is 7.12. The van der Waals surface area contributed by atoms with Crippen molar-refractivity contribution in [2.45, 2.75) is 33.6 Å². The number of rotatable bonds is 5. The number of ether oxygens (including phenoxy) is 1. The molecule has 0 saturated carbocycles. The second-order valence-electron chi connectivity index (χ2n) is 5.88. The van der Waals surface area contributed by atoms with Crippen LogP contribution in [-0.2, 0) is 4.79 Å². The minimum atomic E-state index is -0.149. The van der Waals surface area contributed by atoms with Crippen molar-refractivity contribution < 1.29 is 9.53 Å². The van der Waals surface area contributed by atoms with Gasteiger partial charge in [-0.15, -0.1) is 0 Å². The first-order valence-electron chi connectivity index (χ1n) is 7.55. The highest BCUT2D eigenvalue weighted by Gasteiger charge is 2.07. The Labute approximate surface area is 132 Å². The van der Waals surface area contributed by atoms with Gasteiger partial charge in [-0.3, -0.25) is 4.79 Å². The molecule has 3 nitrogen and oxygen atoms in total. The number of hydrogen-bond acceptors (Lipinski definition) is 2. The largest absolute Gasteiger partial charge is 0.484 e. The number of anilines is 1. The zero-order valence-electron chi connectivity index (χ0n) is 13.6. The first-order valence-corrected chi connectivity index (χ1v) is 7.55. The molecule has 0 aliphatic heterocycles. The van der Waals surface area contributed by atoms with Gasteiger partial charge in [-0.2, -0.15) is 0 Å². The summed E-state index contributed by atoms with van der Waals surface area (Å²) in [5.41, 5.74) is 4.20. The average Bonchev–Trinajstić information content (AvgIpc) is 2.49. The topological polar surface area (TPSA) is 38.3 Å². The molecule has 0 bridgehead atoms. The quantitative estimate of drug-likeness (QED) is 0.885. The molecule has 0 aromatic heterocycles. The highest BCUT2D eigenvalue weighted by Crippen LogP contribution is 2.20. The Balaban J connectivity index is 1.95. The van der Waals surface area contributed by atoms with Crippen LogP contribution in [0.4, 0.5) is 5.69 Å². The van der Waals surface area contributed by atoms with Crippen molar-refractivity contribution in [3.05, 3.63) is 59.2 Å². The van der Waals surface area contributed by atoms with Crippen molar-refractivity contribution >= 4 is 11.6 Å². The monoisotopic (exact) mass is 297 g/mol. The number of carbonyl (C=O) groups excluding carboxylic acids is 1. The first-order chi connectivity index (χ1) is 10.5. The summed E-state index contributed by atoms with van der Waals surface area (Å²) >= 11 is 0. The third kappa shape index (κ3) is 4.35. The maximum atomic E-state index is 12.0. The molecule has 0 aliphatic carbocycles. The third-order valence-electron chi connectivity index (χ3n) is 3.56. The van der Waals surface area contributed by atoms with Crippen LogP contribution in [0.15, 0.2) is 42.5 Å². The zero-order valence-corrected chi connectivity index (χ0v) is 13.6. The standard InChI is InChI=1S/C19H23NO2/c1-13(2)16-6-5-7-17(11-16)22-12-19(21)20-18-10-14(3)8-9-15(18)4/h5-11,13H,12H2,1-4H3,(H,20,21). The van der Waals surface area contributed by atoms with E-state index in [1.807, 2.05) is 50.2 Å². The highest BCUT2D eigenvalue weighted by atomic mass is 16.5. The number of benzene rings is 2. The summed E-state index contributed by atoms with van der Waals surface area (Å²) in [5.74, 6) is 1.01. The normalized spacial score (nSPS) is 10.6. The summed E-state index contributed by atoms with van der Waals surface area (Å²) in [6.45, 7) is 8.25. The maximum absolute atomic E-state index is 12.0. The van der Waals surface area contributed by atoms with Gasteiger partial charge in [0.05, 0.1) is 0 Å². The van der Waals surface area contributed by atoms with Gasteiger partial charge in [0.1, 0.15) is 5.75 Å². The van der Waals surface area contributed by atoms with E-state index in [-0.39, 0.29) is 12.5 Å². The van der Waals surface area contributed by atoms with Crippen LogP contribution >= 0.6 is 0 Å². The summed E-state index contributed by atoms with van der Waals surface area (Å²) < 4.78 is 5.59. The van der Waals surface area contributed by atoms with E-state index in [0.717, 1.165) is 22.6 Å². The van der Waals surface area contributed by atoms with Gasteiger partial charge < -0.3 is 10.1 Å². The molecule has 0 unspecified atom stereocenters. The van der Waals surface area contributed by atoms with E-state index in [4.69, 9.17) is 4.74 Å². The molecule has 0 radical (unpaired) electrons. The average molecular weight is 297 g/mol. The number of aryl methyl sites for hydroxylation is 2. The van der Waals surface area contributed by atoms with Crippen LogP contribution < -0.4 is 10.1 Å². The van der Waals surface area contributed by atoms with Crippen molar-refractivity contribution in [2.24, 2.45) is 0 Å². The molecule has 1 N–H and O–H groups in total. The number of nitrogens with one attached hydrogen (secondary N) is 1. The fraction of sp³-hybridized carbons (Fsp3) is 0.316. The van der Waals surface area contributed by atoms with E-state index < -0.39 is 0 Å². The maximum Gasteiger partial charge on any atom is 0.262 e. The lowest BCUT2D eigenvalue weighted by Crippen LogP contribution is -2.20. The Bertz CT molecular complexity index is 662. The zero-order chi connectivity index (χ0) is 16.1. The van der Waals surface area contributed by atoms with Crippen LogP contribution in [0.25, 0.3) is 0 Å². The smallest absolute Gasteiger partial charge is 0.262 e. The summed E-state index contributed by atoms with van der Waals surface area (Å²) in [6, 6.07) is 13.9. The molecule has 0 atom stereocenters. The lowest BCUT2D eigenvalue weighted by molar-refractivity contribution is -0.118. The molecule has 0 spiro atoms. The van der Waals surface area contributed by atoms with E-state index in [1.54, 1.807) is 0 Å². The van der Waals surface area contributed by atoms with Gasteiger partial charge in [0.25, 0.3) is 5.91 Å². The molecule has 22 heavy (non-hydrogen) atoms. The molecule has 2 rings (SSSR count). The molecule has 116 valence electrons. The van der Waals surface area contributed by atoms with Crippen molar-refractivity contribution in [1.29, 1.82) is 0 Å². The van der Waals surface area contributed by atoms with Crippen molar-refractivity contribution in [1.82, 2.24) is 0 Å². The summed E-state index contributed by atoms with van der Waals surface area (Å²) in [4.78, 5) is 12.0. The van der Waals surface area contributed by atoms with Crippen molar-refractivity contribution in [3.8, 4) is 5.75 Å². The molecule has 2 aromatic rings. The lowest BCUT2D eigenvalue weighted by atomic mass is 10.0. The van der Waals surface area contributed by atoms with E-state index >= 15 is 0 Å². The molecule has 0 saturated heterocycles. The summed E-state index contributed by atoms with van der Waals surface area (Å²) in [7, 11) is 0. The minimum absolute atomic E-state index is 0.00886. The van der Waals surface area contributed by atoms with E-state index in [9.17, 15) is 4.79 Å².